The van der Waals surface area contributed by atoms with Crippen LogP contribution in [0.2, 0.25) is 0 Å². The van der Waals surface area contributed by atoms with Crippen LogP contribution in [-0.4, -0.2) is 33.2 Å². The number of hydrogen-bond donors (Lipinski definition) is 0. The van der Waals surface area contributed by atoms with Crippen LogP contribution in [0.3, 0.4) is 0 Å². The van der Waals surface area contributed by atoms with Crippen molar-refractivity contribution in [1.82, 2.24) is 14.3 Å². The first-order valence-electron chi connectivity index (χ1n) is 11.0. The summed E-state index contributed by atoms with van der Waals surface area (Å²) in [5.74, 6) is 0.411. The first-order valence-corrected chi connectivity index (χ1v) is 11.0. The molecule has 1 aliphatic heterocycles. The molecule has 0 unspecified atom stereocenters. The van der Waals surface area contributed by atoms with Crippen molar-refractivity contribution >= 4 is 11.4 Å². The minimum Gasteiger partial charge on any atom is -0.302 e. The molecule has 0 atom stereocenters. The molecule has 2 aromatic carbocycles. The second-order valence-corrected chi connectivity index (χ2v) is 8.48. The number of carbonyl (C=O) groups excluding carboxylic acids is 1. The van der Waals surface area contributed by atoms with Gasteiger partial charge in [-0.25, -0.2) is 4.98 Å². The zero-order valence-corrected chi connectivity index (χ0v) is 17.9. The zero-order chi connectivity index (χ0) is 21.2. The molecule has 0 amide bonds. The maximum absolute atomic E-state index is 12.9. The Morgan fingerprint density at radius 3 is 2.39 bits per heavy atom. The molecule has 0 aliphatic carbocycles. The number of nitrogens with zero attached hydrogens (tertiary/aromatic N) is 3. The second kappa shape index (κ2) is 8.48. The summed E-state index contributed by atoms with van der Waals surface area (Å²) in [6.07, 6.45) is 3.91. The van der Waals surface area contributed by atoms with Crippen molar-refractivity contribution in [1.29, 1.82) is 0 Å². The standard InChI is InChI=1S/C27H27N3O/c1-20-10-12-22(13-11-20)27(31)23-14-17-29(18-15-23)19-24-26(21-7-3-2-4-8-21)28-25-9-5-6-16-30(24)25/h2-13,16,23H,14-15,17-19H2,1H3. The highest BCUT2D eigenvalue weighted by molar-refractivity contribution is 5.97. The molecule has 0 N–H and O–H groups in total. The summed E-state index contributed by atoms with van der Waals surface area (Å²) in [7, 11) is 0. The number of Topliss-reactive ketones (excluding diaryl/α,β-unsaturated/α-hetero) is 1. The van der Waals surface area contributed by atoms with Crippen molar-refractivity contribution in [3.8, 4) is 11.3 Å². The Hall–Kier alpha value is -3.24. The number of carbonyl (C=O) groups is 1. The Kier molecular flexibility index (Phi) is 5.39. The number of pyridine rings is 1. The molecular weight excluding hydrogens is 382 g/mol. The molecular formula is C27H27N3O. The number of aryl methyl sites for hydroxylation is 1. The van der Waals surface area contributed by atoms with Gasteiger partial charge in [-0.2, -0.15) is 0 Å². The fraction of sp³-hybridized carbons (Fsp3) is 0.259. The number of imidazole rings is 1. The molecule has 3 heterocycles. The zero-order valence-electron chi connectivity index (χ0n) is 17.9. The Morgan fingerprint density at radius 1 is 0.935 bits per heavy atom. The van der Waals surface area contributed by atoms with Crippen molar-refractivity contribution in [2.45, 2.75) is 26.3 Å². The number of benzene rings is 2. The summed E-state index contributed by atoms with van der Waals surface area (Å²) >= 11 is 0. The minimum atomic E-state index is 0.120. The average molecular weight is 410 g/mol. The van der Waals surface area contributed by atoms with Gasteiger partial charge in [0.1, 0.15) is 5.65 Å². The molecule has 5 rings (SSSR count). The number of piperidine rings is 1. The number of hydrogen-bond acceptors (Lipinski definition) is 3. The van der Waals surface area contributed by atoms with Gasteiger partial charge in [0, 0.05) is 29.8 Å². The molecule has 4 nitrogen and oxygen atoms in total. The summed E-state index contributed by atoms with van der Waals surface area (Å²) in [5, 5.41) is 0. The highest BCUT2D eigenvalue weighted by Gasteiger charge is 2.27. The third-order valence-electron chi connectivity index (χ3n) is 6.34. The molecule has 0 radical (unpaired) electrons. The fourth-order valence-electron chi connectivity index (χ4n) is 4.54. The lowest BCUT2D eigenvalue weighted by atomic mass is 9.88. The quantitative estimate of drug-likeness (QED) is 0.414. The molecule has 1 saturated heterocycles. The molecule has 4 aromatic rings. The molecule has 31 heavy (non-hydrogen) atoms. The first-order chi connectivity index (χ1) is 15.2. The van der Waals surface area contributed by atoms with Crippen LogP contribution >= 0.6 is 0 Å². The number of fused-ring (bicyclic) bond motifs is 1. The molecule has 0 saturated carbocycles. The molecule has 4 heteroatoms. The molecule has 1 fully saturated rings. The van der Waals surface area contributed by atoms with Crippen LogP contribution in [0.25, 0.3) is 16.9 Å². The lowest BCUT2D eigenvalue weighted by molar-refractivity contribution is 0.0834. The van der Waals surface area contributed by atoms with Crippen molar-refractivity contribution in [2.24, 2.45) is 5.92 Å². The molecule has 0 bridgehead atoms. The van der Waals surface area contributed by atoms with E-state index in [0.717, 1.165) is 54.9 Å². The van der Waals surface area contributed by atoms with Crippen molar-refractivity contribution in [2.75, 3.05) is 13.1 Å². The van der Waals surface area contributed by atoms with Gasteiger partial charge >= 0.3 is 0 Å². The van der Waals surface area contributed by atoms with E-state index in [1.165, 1.54) is 11.3 Å². The fourth-order valence-corrected chi connectivity index (χ4v) is 4.54. The van der Waals surface area contributed by atoms with Crippen molar-refractivity contribution in [3.05, 3.63) is 95.8 Å². The van der Waals surface area contributed by atoms with Crippen LogP contribution in [0.5, 0.6) is 0 Å². The highest BCUT2D eigenvalue weighted by Crippen LogP contribution is 2.28. The van der Waals surface area contributed by atoms with E-state index in [4.69, 9.17) is 4.98 Å². The predicted molar refractivity (Wildman–Crippen MR) is 124 cm³/mol. The van der Waals surface area contributed by atoms with E-state index < -0.39 is 0 Å². The SMILES string of the molecule is Cc1ccc(C(=O)C2CCN(Cc3c(-c4ccccc4)nc4ccccn34)CC2)cc1. The van der Waals surface area contributed by atoms with Gasteiger partial charge in [-0.1, -0.05) is 66.2 Å². The van der Waals surface area contributed by atoms with Gasteiger partial charge in [-0.05, 0) is 45.0 Å². The summed E-state index contributed by atoms with van der Waals surface area (Å²) in [4.78, 5) is 20.3. The van der Waals surface area contributed by atoms with E-state index in [2.05, 4.69) is 58.8 Å². The third kappa shape index (κ3) is 4.04. The maximum atomic E-state index is 12.9. The Balaban J connectivity index is 1.33. The van der Waals surface area contributed by atoms with E-state index in [-0.39, 0.29) is 5.92 Å². The van der Waals surface area contributed by atoms with Gasteiger partial charge in [0.25, 0.3) is 0 Å². The lowest BCUT2D eigenvalue weighted by Crippen LogP contribution is -2.36. The van der Waals surface area contributed by atoms with Crippen LogP contribution in [0.15, 0.2) is 79.0 Å². The van der Waals surface area contributed by atoms with E-state index in [0.29, 0.717) is 5.78 Å². The monoisotopic (exact) mass is 409 g/mol. The van der Waals surface area contributed by atoms with Crippen molar-refractivity contribution < 1.29 is 4.79 Å². The first kappa shape index (κ1) is 19.7. The Labute approximate surface area is 183 Å². The van der Waals surface area contributed by atoms with E-state index >= 15 is 0 Å². The third-order valence-corrected chi connectivity index (χ3v) is 6.34. The average Bonchev–Trinajstić information content (AvgIpc) is 3.19. The Morgan fingerprint density at radius 2 is 1.65 bits per heavy atom. The maximum Gasteiger partial charge on any atom is 0.166 e. The molecule has 1 aliphatic rings. The van der Waals surface area contributed by atoms with Crippen LogP contribution in [0.4, 0.5) is 0 Å². The van der Waals surface area contributed by atoms with Crippen LogP contribution in [0, 0.1) is 12.8 Å². The normalized spacial score (nSPS) is 15.4. The van der Waals surface area contributed by atoms with Gasteiger partial charge < -0.3 is 4.40 Å². The van der Waals surface area contributed by atoms with Gasteiger partial charge in [-0.15, -0.1) is 0 Å². The summed E-state index contributed by atoms with van der Waals surface area (Å²) in [6, 6.07) is 24.5. The second-order valence-electron chi connectivity index (χ2n) is 8.48. The van der Waals surface area contributed by atoms with E-state index in [1.54, 1.807) is 0 Å². The van der Waals surface area contributed by atoms with Crippen LogP contribution in [-0.2, 0) is 6.54 Å². The Bertz CT molecular complexity index is 1190. The van der Waals surface area contributed by atoms with Gasteiger partial charge in [-0.3, -0.25) is 9.69 Å². The number of ketones is 1. The number of likely N-dealkylation sites (tertiary alicyclic amines) is 1. The summed E-state index contributed by atoms with van der Waals surface area (Å²) in [6.45, 7) is 4.74. The highest BCUT2D eigenvalue weighted by atomic mass is 16.1. The van der Waals surface area contributed by atoms with E-state index in [9.17, 15) is 4.79 Å². The topological polar surface area (TPSA) is 37.6 Å². The minimum absolute atomic E-state index is 0.120. The smallest absolute Gasteiger partial charge is 0.166 e. The van der Waals surface area contributed by atoms with Crippen LogP contribution in [0.1, 0.15) is 34.5 Å². The predicted octanol–water partition coefficient (Wildman–Crippen LogP) is 5.40. The molecule has 0 spiro atoms. The van der Waals surface area contributed by atoms with Crippen molar-refractivity contribution in [3.63, 3.8) is 0 Å². The largest absolute Gasteiger partial charge is 0.302 e. The lowest BCUT2D eigenvalue weighted by Gasteiger charge is -2.31. The summed E-state index contributed by atoms with van der Waals surface area (Å²) < 4.78 is 2.20. The van der Waals surface area contributed by atoms with Gasteiger partial charge in [0.05, 0.1) is 11.4 Å². The molecule has 156 valence electrons. The van der Waals surface area contributed by atoms with Gasteiger partial charge in [0.2, 0.25) is 0 Å². The molecule has 2 aromatic heterocycles. The number of aromatic nitrogens is 2. The number of rotatable bonds is 5. The van der Waals surface area contributed by atoms with Crippen LogP contribution < -0.4 is 0 Å². The summed E-state index contributed by atoms with van der Waals surface area (Å²) in [5.41, 5.74) is 6.41. The van der Waals surface area contributed by atoms with E-state index in [1.807, 2.05) is 36.4 Å². The van der Waals surface area contributed by atoms with Gasteiger partial charge in [0.15, 0.2) is 5.78 Å².